The number of anilines is 1. The Morgan fingerprint density at radius 1 is 1.53 bits per heavy atom. The van der Waals surface area contributed by atoms with Crippen molar-refractivity contribution < 1.29 is 9.90 Å². The zero-order valence-electron chi connectivity index (χ0n) is 11.7. The van der Waals surface area contributed by atoms with Crippen LogP contribution in [-0.4, -0.2) is 29.1 Å². The molecule has 2 rings (SSSR count). The summed E-state index contributed by atoms with van der Waals surface area (Å²) < 4.78 is 0. The molecule has 0 aliphatic carbocycles. The lowest BCUT2D eigenvalue weighted by Gasteiger charge is -2.31. The third-order valence-corrected chi connectivity index (χ3v) is 4.88. The smallest absolute Gasteiger partial charge is 0.347 e. The van der Waals surface area contributed by atoms with Crippen LogP contribution in [0.2, 0.25) is 0 Å². The van der Waals surface area contributed by atoms with Crippen LogP contribution in [0, 0.1) is 5.92 Å². The first-order chi connectivity index (χ1) is 9.15. The molecule has 19 heavy (non-hydrogen) atoms. The van der Waals surface area contributed by atoms with Gasteiger partial charge in [0.1, 0.15) is 4.88 Å². The summed E-state index contributed by atoms with van der Waals surface area (Å²) in [5.41, 5.74) is 0.758. The van der Waals surface area contributed by atoms with Crippen molar-refractivity contribution in [3.05, 3.63) is 10.6 Å². The zero-order chi connectivity index (χ0) is 13.8. The van der Waals surface area contributed by atoms with E-state index in [-0.39, 0.29) is 0 Å². The summed E-state index contributed by atoms with van der Waals surface area (Å²) in [5.74, 6) is -0.114. The van der Waals surface area contributed by atoms with Crippen molar-refractivity contribution in [3.8, 4) is 0 Å². The van der Waals surface area contributed by atoms with Crippen LogP contribution in [0.5, 0.6) is 0 Å². The molecule has 0 bridgehead atoms. The number of aromatic carboxylic acids is 1. The van der Waals surface area contributed by atoms with Crippen molar-refractivity contribution in [1.82, 2.24) is 4.98 Å². The largest absolute Gasteiger partial charge is 0.477 e. The fourth-order valence-electron chi connectivity index (χ4n) is 2.62. The van der Waals surface area contributed by atoms with E-state index in [1.54, 1.807) is 0 Å². The van der Waals surface area contributed by atoms with E-state index in [0.29, 0.717) is 4.88 Å². The van der Waals surface area contributed by atoms with Gasteiger partial charge in [-0.05, 0) is 25.2 Å². The predicted octanol–water partition coefficient (Wildman–Crippen LogP) is 3.42. The van der Waals surface area contributed by atoms with Gasteiger partial charge in [-0.25, -0.2) is 9.78 Å². The summed E-state index contributed by atoms with van der Waals surface area (Å²) in [4.78, 5) is 18.5. The molecule has 1 fully saturated rings. The Labute approximate surface area is 118 Å². The van der Waals surface area contributed by atoms with Gasteiger partial charge in [-0.1, -0.05) is 38.0 Å². The van der Waals surface area contributed by atoms with Crippen molar-refractivity contribution >= 4 is 22.4 Å². The molecule has 1 aliphatic heterocycles. The number of piperidine rings is 1. The molecule has 2 heterocycles. The van der Waals surface area contributed by atoms with Crippen molar-refractivity contribution in [3.63, 3.8) is 0 Å². The van der Waals surface area contributed by atoms with Gasteiger partial charge >= 0.3 is 5.97 Å². The quantitative estimate of drug-likeness (QED) is 0.899. The Kier molecular flexibility index (Phi) is 4.80. The van der Waals surface area contributed by atoms with E-state index in [4.69, 9.17) is 0 Å². The average molecular weight is 282 g/mol. The molecular weight excluding hydrogens is 260 g/mol. The van der Waals surface area contributed by atoms with Gasteiger partial charge in [-0.2, -0.15) is 0 Å². The summed E-state index contributed by atoms with van der Waals surface area (Å²) in [6.07, 6.45) is 5.34. The number of carbonyl (C=O) groups is 1. The number of aryl methyl sites for hydroxylation is 1. The Morgan fingerprint density at radius 3 is 2.95 bits per heavy atom. The van der Waals surface area contributed by atoms with E-state index < -0.39 is 5.97 Å². The standard InChI is InChI=1S/C14H22N2O2S/c1-3-6-11-12(13(17)18)19-14(15-11)16-8-5-7-10(4-2)9-16/h10H,3-9H2,1-2H3,(H,17,18). The fourth-order valence-corrected chi connectivity index (χ4v) is 3.61. The zero-order valence-corrected chi connectivity index (χ0v) is 12.5. The summed E-state index contributed by atoms with van der Waals surface area (Å²) >= 11 is 1.34. The summed E-state index contributed by atoms with van der Waals surface area (Å²) in [6, 6.07) is 0. The van der Waals surface area contributed by atoms with Crippen molar-refractivity contribution in [2.45, 2.75) is 46.0 Å². The molecule has 0 saturated carbocycles. The van der Waals surface area contributed by atoms with Crippen molar-refractivity contribution in [1.29, 1.82) is 0 Å². The van der Waals surface area contributed by atoms with E-state index in [2.05, 4.69) is 23.7 Å². The number of carboxylic acid groups (broad SMARTS) is 1. The molecule has 0 amide bonds. The van der Waals surface area contributed by atoms with Crippen LogP contribution in [0.1, 0.15) is 54.9 Å². The van der Waals surface area contributed by atoms with E-state index >= 15 is 0 Å². The van der Waals surface area contributed by atoms with E-state index in [1.807, 2.05) is 0 Å². The van der Waals surface area contributed by atoms with Gasteiger partial charge in [0.05, 0.1) is 5.69 Å². The number of nitrogens with zero attached hydrogens (tertiary/aromatic N) is 2. The third-order valence-electron chi connectivity index (χ3n) is 3.73. The van der Waals surface area contributed by atoms with Crippen LogP contribution in [0.4, 0.5) is 5.13 Å². The number of thiazole rings is 1. The lowest BCUT2D eigenvalue weighted by Crippen LogP contribution is -2.35. The maximum absolute atomic E-state index is 11.3. The number of hydrogen-bond donors (Lipinski definition) is 1. The number of rotatable bonds is 5. The monoisotopic (exact) mass is 282 g/mol. The molecule has 0 aromatic carbocycles. The Bertz CT molecular complexity index is 445. The molecule has 1 saturated heterocycles. The van der Waals surface area contributed by atoms with E-state index in [9.17, 15) is 9.90 Å². The molecule has 5 heteroatoms. The van der Waals surface area contributed by atoms with Gasteiger partial charge in [0.15, 0.2) is 5.13 Å². The maximum atomic E-state index is 11.3. The first-order valence-corrected chi connectivity index (χ1v) is 7.95. The second-order valence-electron chi connectivity index (χ2n) is 5.19. The van der Waals surface area contributed by atoms with Gasteiger partial charge in [0.25, 0.3) is 0 Å². The SMILES string of the molecule is CCCc1nc(N2CCCC(CC)C2)sc1C(=O)O. The van der Waals surface area contributed by atoms with Crippen LogP contribution in [-0.2, 0) is 6.42 Å². The highest BCUT2D eigenvalue weighted by Gasteiger charge is 2.24. The minimum Gasteiger partial charge on any atom is -0.477 e. The fraction of sp³-hybridized carbons (Fsp3) is 0.714. The number of hydrogen-bond acceptors (Lipinski definition) is 4. The molecule has 1 aromatic heterocycles. The molecule has 1 N–H and O–H groups in total. The number of carboxylic acids is 1. The Hall–Kier alpha value is -1.10. The third kappa shape index (κ3) is 3.26. The molecule has 0 spiro atoms. The lowest BCUT2D eigenvalue weighted by atomic mass is 9.96. The molecule has 1 aliphatic rings. The van der Waals surface area contributed by atoms with Crippen LogP contribution < -0.4 is 4.90 Å². The maximum Gasteiger partial charge on any atom is 0.347 e. The van der Waals surface area contributed by atoms with Crippen LogP contribution in [0.15, 0.2) is 0 Å². The minimum atomic E-state index is -0.837. The molecule has 1 aromatic rings. The van der Waals surface area contributed by atoms with Gasteiger partial charge in [-0.15, -0.1) is 0 Å². The van der Waals surface area contributed by atoms with Gasteiger partial charge < -0.3 is 10.0 Å². The summed E-state index contributed by atoms with van der Waals surface area (Å²) in [6.45, 7) is 6.31. The van der Waals surface area contributed by atoms with Crippen LogP contribution in [0.25, 0.3) is 0 Å². The van der Waals surface area contributed by atoms with Gasteiger partial charge in [0, 0.05) is 13.1 Å². The highest BCUT2D eigenvalue weighted by molar-refractivity contribution is 7.17. The predicted molar refractivity (Wildman–Crippen MR) is 78.3 cm³/mol. The summed E-state index contributed by atoms with van der Waals surface area (Å²) in [5, 5.41) is 10.2. The second-order valence-corrected chi connectivity index (χ2v) is 6.17. The van der Waals surface area contributed by atoms with Crippen LogP contribution in [0.3, 0.4) is 0 Å². The molecule has 1 atom stereocenters. The normalized spacial score (nSPS) is 19.7. The Balaban J connectivity index is 2.19. The topological polar surface area (TPSA) is 53.4 Å². The molecule has 1 unspecified atom stereocenters. The molecule has 106 valence electrons. The molecular formula is C14H22N2O2S. The highest BCUT2D eigenvalue weighted by Crippen LogP contribution is 2.31. The highest BCUT2D eigenvalue weighted by atomic mass is 32.1. The first-order valence-electron chi connectivity index (χ1n) is 7.13. The molecule has 0 radical (unpaired) electrons. The first kappa shape index (κ1) is 14.3. The summed E-state index contributed by atoms with van der Waals surface area (Å²) in [7, 11) is 0. The van der Waals surface area contributed by atoms with E-state index in [1.165, 1.54) is 30.6 Å². The lowest BCUT2D eigenvalue weighted by molar-refractivity contribution is 0.0700. The van der Waals surface area contributed by atoms with Crippen molar-refractivity contribution in [2.75, 3.05) is 18.0 Å². The van der Waals surface area contributed by atoms with Gasteiger partial charge in [0.2, 0.25) is 0 Å². The van der Waals surface area contributed by atoms with Gasteiger partial charge in [-0.3, -0.25) is 0 Å². The molecule has 4 nitrogen and oxygen atoms in total. The minimum absolute atomic E-state index is 0.426. The van der Waals surface area contributed by atoms with E-state index in [0.717, 1.165) is 42.7 Å². The second kappa shape index (κ2) is 6.37. The van der Waals surface area contributed by atoms with Crippen LogP contribution >= 0.6 is 11.3 Å². The average Bonchev–Trinajstić information content (AvgIpc) is 2.83. The van der Waals surface area contributed by atoms with Crippen molar-refractivity contribution in [2.24, 2.45) is 5.92 Å². The Morgan fingerprint density at radius 2 is 2.32 bits per heavy atom. The number of aromatic nitrogens is 1.